The van der Waals surface area contributed by atoms with Gasteiger partial charge in [0.25, 0.3) is 0 Å². The van der Waals surface area contributed by atoms with E-state index in [2.05, 4.69) is 10.1 Å². The molecule has 0 aliphatic heterocycles. The van der Waals surface area contributed by atoms with Crippen molar-refractivity contribution in [2.75, 3.05) is 5.32 Å². The Bertz CT molecular complexity index is 272. The van der Waals surface area contributed by atoms with Crippen LogP contribution in [-0.4, -0.2) is 12.5 Å². The fraction of sp³-hybridized carbons (Fsp3) is 0. The van der Waals surface area contributed by atoms with Crippen molar-refractivity contribution in [1.82, 2.24) is 0 Å². The Morgan fingerprint density at radius 3 is 2.67 bits per heavy atom. The highest BCUT2D eigenvalue weighted by Crippen LogP contribution is 2.04. The van der Waals surface area contributed by atoms with Crippen molar-refractivity contribution < 1.29 is 9.53 Å². The number of anilines is 1. The van der Waals surface area contributed by atoms with Gasteiger partial charge in [0.05, 0.1) is 0 Å². The summed E-state index contributed by atoms with van der Waals surface area (Å²) in [6.07, 6.45) is -0.0747. The zero-order valence-corrected chi connectivity index (χ0v) is 6.28. The number of ether oxygens (including phenoxy) is 1. The average Bonchev–Trinajstić information content (AvgIpc) is 2.06. The first-order valence-corrected chi connectivity index (χ1v) is 3.34. The summed E-state index contributed by atoms with van der Waals surface area (Å²) in [5, 5.41) is 8.92. The summed E-state index contributed by atoms with van der Waals surface area (Å²) in [4.78, 5) is 10.7. The van der Waals surface area contributed by atoms with Gasteiger partial charge in [-0.2, -0.15) is 0 Å². The molecule has 0 fully saturated rings. The molecule has 4 heteroatoms. The molecule has 0 radical (unpaired) electrons. The lowest BCUT2D eigenvalue weighted by molar-refractivity contribution is 0.214. The predicted molar refractivity (Wildman–Crippen MR) is 45.3 cm³/mol. The topological polar surface area (TPSA) is 62.2 Å². The van der Waals surface area contributed by atoms with Crippen LogP contribution in [0.25, 0.3) is 0 Å². The van der Waals surface area contributed by atoms with E-state index in [0.29, 0.717) is 12.1 Å². The van der Waals surface area contributed by atoms with Crippen molar-refractivity contribution in [2.24, 2.45) is 0 Å². The summed E-state index contributed by atoms with van der Waals surface area (Å²) in [5.74, 6) is 0. The number of carbonyl (C=O) groups is 1. The van der Waals surface area contributed by atoms with E-state index in [4.69, 9.17) is 5.41 Å². The molecule has 0 aliphatic carbocycles. The molecule has 1 aromatic carbocycles. The van der Waals surface area contributed by atoms with Crippen LogP contribution in [0.4, 0.5) is 10.5 Å². The number of amides is 1. The van der Waals surface area contributed by atoms with E-state index in [1.165, 1.54) is 0 Å². The van der Waals surface area contributed by atoms with Gasteiger partial charge >= 0.3 is 6.09 Å². The van der Waals surface area contributed by atoms with Crippen molar-refractivity contribution in [3.05, 3.63) is 30.3 Å². The predicted octanol–water partition coefficient (Wildman–Crippen LogP) is 1.84. The highest BCUT2D eigenvalue weighted by Gasteiger charge is 1.98. The van der Waals surface area contributed by atoms with Crippen LogP contribution in [0.1, 0.15) is 0 Å². The fourth-order valence-corrected chi connectivity index (χ4v) is 0.722. The zero-order chi connectivity index (χ0) is 8.81. The van der Waals surface area contributed by atoms with Crippen molar-refractivity contribution in [1.29, 1.82) is 5.41 Å². The Kier molecular flexibility index (Phi) is 2.84. The molecule has 0 atom stereocenters. The zero-order valence-electron chi connectivity index (χ0n) is 6.28. The van der Waals surface area contributed by atoms with E-state index in [9.17, 15) is 4.79 Å². The van der Waals surface area contributed by atoms with Gasteiger partial charge < -0.3 is 4.74 Å². The Balaban J connectivity index is 2.52. The van der Waals surface area contributed by atoms with Crippen molar-refractivity contribution in [2.45, 2.75) is 0 Å². The van der Waals surface area contributed by atoms with Crippen LogP contribution in [-0.2, 0) is 4.74 Å². The minimum absolute atomic E-state index is 0.582. The molecular weight excluding hydrogens is 156 g/mol. The number of benzene rings is 1. The maximum Gasteiger partial charge on any atom is 0.417 e. The molecular formula is C8H8N2O2. The molecule has 1 rings (SSSR count). The molecule has 0 spiro atoms. The van der Waals surface area contributed by atoms with E-state index in [0.717, 1.165) is 0 Å². The molecule has 0 aliphatic rings. The largest absolute Gasteiger partial charge is 0.417 e. The van der Waals surface area contributed by atoms with Gasteiger partial charge in [-0.25, -0.2) is 4.79 Å². The fourth-order valence-electron chi connectivity index (χ4n) is 0.722. The van der Waals surface area contributed by atoms with Gasteiger partial charge in [-0.15, -0.1) is 0 Å². The number of hydrogen-bond acceptors (Lipinski definition) is 3. The summed E-state index contributed by atoms with van der Waals surface area (Å²) in [5.41, 5.74) is 0.643. The first kappa shape index (κ1) is 8.26. The van der Waals surface area contributed by atoms with E-state index in [-0.39, 0.29) is 0 Å². The normalized spacial score (nSPS) is 8.67. The summed E-state index contributed by atoms with van der Waals surface area (Å²) in [6, 6.07) is 8.88. The summed E-state index contributed by atoms with van der Waals surface area (Å²) < 4.78 is 4.24. The van der Waals surface area contributed by atoms with Crippen LogP contribution in [0.3, 0.4) is 0 Å². The molecule has 62 valence electrons. The smallest absolute Gasteiger partial charge is 0.399 e. The number of carbonyl (C=O) groups excluding carboxylic acids is 1. The van der Waals surface area contributed by atoms with E-state index >= 15 is 0 Å². The molecule has 0 aromatic heterocycles. The van der Waals surface area contributed by atoms with Crippen molar-refractivity contribution in [3.63, 3.8) is 0 Å². The SMILES string of the molecule is N=COC(=O)Nc1ccccc1. The maximum atomic E-state index is 10.7. The second-order valence-corrected chi connectivity index (χ2v) is 2.01. The van der Waals surface area contributed by atoms with Crippen LogP contribution in [0, 0.1) is 5.41 Å². The molecule has 1 aromatic rings. The molecule has 0 saturated carbocycles. The lowest BCUT2D eigenvalue weighted by Gasteiger charge is -2.00. The molecule has 2 N–H and O–H groups in total. The highest BCUT2D eigenvalue weighted by molar-refractivity contribution is 5.88. The Morgan fingerprint density at radius 2 is 2.08 bits per heavy atom. The third-order valence-electron chi connectivity index (χ3n) is 1.19. The summed E-state index contributed by atoms with van der Waals surface area (Å²) in [6.45, 7) is 0. The summed E-state index contributed by atoms with van der Waals surface area (Å²) >= 11 is 0. The number of hydrogen-bond donors (Lipinski definition) is 2. The molecule has 4 nitrogen and oxygen atoms in total. The Labute approximate surface area is 69.7 Å². The third-order valence-corrected chi connectivity index (χ3v) is 1.19. The van der Waals surface area contributed by atoms with Gasteiger partial charge in [0.15, 0.2) is 6.40 Å². The van der Waals surface area contributed by atoms with Crippen molar-refractivity contribution >= 4 is 18.2 Å². The van der Waals surface area contributed by atoms with Crippen LogP contribution in [0.5, 0.6) is 0 Å². The van der Waals surface area contributed by atoms with Gasteiger partial charge in [0, 0.05) is 5.69 Å². The van der Waals surface area contributed by atoms with Gasteiger partial charge in [-0.1, -0.05) is 18.2 Å². The lowest BCUT2D eigenvalue weighted by Crippen LogP contribution is -2.11. The second-order valence-electron chi connectivity index (χ2n) is 2.01. The molecule has 0 heterocycles. The van der Waals surface area contributed by atoms with Crippen molar-refractivity contribution in [3.8, 4) is 0 Å². The lowest BCUT2D eigenvalue weighted by atomic mass is 10.3. The first-order chi connectivity index (χ1) is 5.83. The third kappa shape index (κ3) is 2.42. The van der Waals surface area contributed by atoms with Gasteiger partial charge in [0.2, 0.25) is 0 Å². The number of para-hydroxylation sites is 1. The van der Waals surface area contributed by atoms with Crippen LogP contribution in [0.2, 0.25) is 0 Å². The maximum absolute atomic E-state index is 10.7. The van der Waals surface area contributed by atoms with Gasteiger partial charge in [-0.3, -0.25) is 10.7 Å². The highest BCUT2D eigenvalue weighted by atomic mass is 16.5. The monoisotopic (exact) mass is 164 g/mol. The summed E-state index contributed by atoms with van der Waals surface area (Å²) in [7, 11) is 0. The second kappa shape index (κ2) is 4.12. The molecule has 0 bridgehead atoms. The first-order valence-electron chi connectivity index (χ1n) is 3.34. The minimum Gasteiger partial charge on any atom is -0.399 e. The Hall–Kier alpha value is -1.84. The molecule has 0 unspecified atom stereocenters. The van der Waals surface area contributed by atoms with Crippen LogP contribution >= 0.6 is 0 Å². The molecule has 12 heavy (non-hydrogen) atoms. The standard InChI is InChI=1S/C8H8N2O2/c9-6-12-8(11)10-7-4-2-1-3-5-7/h1-6,9H,(H,10,11). The van der Waals surface area contributed by atoms with Crippen LogP contribution in [0.15, 0.2) is 30.3 Å². The van der Waals surface area contributed by atoms with Gasteiger partial charge in [0.1, 0.15) is 0 Å². The van der Waals surface area contributed by atoms with E-state index < -0.39 is 6.09 Å². The number of nitrogens with one attached hydrogen (secondary N) is 2. The number of rotatable bonds is 2. The molecule has 1 amide bonds. The quantitative estimate of drug-likeness (QED) is 0.517. The van der Waals surface area contributed by atoms with E-state index in [1.54, 1.807) is 24.3 Å². The Morgan fingerprint density at radius 1 is 1.42 bits per heavy atom. The minimum atomic E-state index is -0.656. The van der Waals surface area contributed by atoms with E-state index in [1.807, 2.05) is 6.07 Å². The van der Waals surface area contributed by atoms with Gasteiger partial charge in [-0.05, 0) is 12.1 Å². The molecule has 0 saturated heterocycles. The van der Waals surface area contributed by atoms with Crippen LogP contribution < -0.4 is 5.32 Å². The average molecular weight is 164 g/mol.